The molecule has 238 valence electrons. The summed E-state index contributed by atoms with van der Waals surface area (Å²) in [7, 11) is 1.90. The number of benzene rings is 3. The number of ether oxygens (including phenoxy) is 4. The maximum atomic E-state index is 16.0. The van der Waals surface area contributed by atoms with Crippen LogP contribution in [0.2, 0.25) is 0 Å². The Hall–Kier alpha value is -5.56. The zero-order valence-corrected chi connectivity index (χ0v) is 25.0. The second kappa shape index (κ2) is 14.0. The fourth-order valence-electron chi connectivity index (χ4n) is 4.67. The lowest BCUT2D eigenvalue weighted by molar-refractivity contribution is -0.117. The van der Waals surface area contributed by atoms with Crippen molar-refractivity contribution in [2.45, 2.75) is 19.4 Å². The summed E-state index contributed by atoms with van der Waals surface area (Å²) in [6.45, 7) is 3.47. The maximum absolute atomic E-state index is 16.0. The number of carbonyl (C=O) groups is 1. The van der Waals surface area contributed by atoms with Gasteiger partial charge in [0.05, 0.1) is 6.54 Å². The van der Waals surface area contributed by atoms with Crippen molar-refractivity contribution in [3.05, 3.63) is 95.1 Å². The van der Waals surface area contributed by atoms with Gasteiger partial charge in [-0.3, -0.25) is 10.4 Å². The summed E-state index contributed by atoms with van der Waals surface area (Å²) in [6, 6.07) is 16.8. The molecule has 2 heterocycles. The molecule has 0 saturated carbocycles. The van der Waals surface area contributed by atoms with Gasteiger partial charge < -0.3 is 39.5 Å². The third-order valence-electron chi connectivity index (χ3n) is 6.91. The molecule has 5 rings (SSSR count). The highest BCUT2D eigenvalue weighted by Gasteiger charge is 2.27. The Labute approximate surface area is 263 Å². The van der Waals surface area contributed by atoms with E-state index in [0.29, 0.717) is 25.0 Å². The van der Waals surface area contributed by atoms with E-state index < -0.39 is 41.0 Å². The highest BCUT2D eigenvalue weighted by Crippen LogP contribution is 2.41. The van der Waals surface area contributed by atoms with Gasteiger partial charge in [-0.2, -0.15) is 13.8 Å². The molecule has 1 atom stereocenters. The van der Waals surface area contributed by atoms with Gasteiger partial charge in [-0.05, 0) is 55.0 Å². The number of aldehydes is 1. The van der Waals surface area contributed by atoms with E-state index in [1.165, 1.54) is 30.3 Å². The van der Waals surface area contributed by atoms with Crippen LogP contribution in [-0.2, 0) is 16.0 Å². The average Bonchev–Trinajstić information content (AvgIpc) is 3.48. The minimum atomic E-state index is -1.33. The molecule has 0 saturated heterocycles. The summed E-state index contributed by atoms with van der Waals surface area (Å²) >= 11 is 0. The number of aromatic nitrogens is 1. The van der Waals surface area contributed by atoms with Gasteiger partial charge in [0, 0.05) is 37.7 Å². The third-order valence-corrected chi connectivity index (χ3v) is 6.91. The Morgan fingerprint density at radius 3 is 2.43 bits per heavy atom. The predicted octanol–water partition coefficient (Wildman–Crippen LogP) is 5.56. The normalized spacial score (nSPS) is 13.2. The van der Waals surface area contributed by atoms with Crippen LogP contribution in [0, 0.1) is 17.0 Å². The number of rotatable bonds is 13. The monoisotopic (exact) mass is 631 g/mol. The summed E-state index contributed by atoms with van der Waals surface area (Å²) in [6.07, 6.45) is 0.176. The van der Waals surface area contributed by atoms with Crippen molar-refractivity contribution in [2.24, 2.45) is 10.7 Å². The second-order valence-electron chi connectivity index (χ2n) is 10.2. The van der Waals surface area contributed by atoms with Crippen molar-refractivity contribution in [3.63, 3.8) is 0 Å². The summed E-state index contributed by atoms with van der Waals surface area (Å²) < 4.78 is 54.4. The number of aliphatic imine (C=N–C) groups is 1. The second-order valence-corrected chi connectivity index (χ2v) is 10.2. The van der Waals surface area contributed by atoms with E-state index in [0.717, 1.165) is 17.9 Å². The van der Waals surface area contributed by atoms with Gasteiger partial charge in [0.1, 0.15) is 35.6 Å². The minimum Gasteiger partial charge on any atom is -0.504 e. The molecule has 0 fully saturated rings. The molecule has 0 spiro atoms. The molecule has 3 aromatic carbocycles. The van der Waals surface area contributed by atoms with Crippen LogP contribution in [-0.4, -0.2) is 65.8 Å². The molecule has 0 aliphatic carbocycles. The standard InChI is InChI=1S/C33H31F2N5O6/c1-3-43-24(18-41)15-19-6-4-8-22(14-19)44-29-27(34)32(45-23-9-5-7-21(16-23)31-38-12-13-40(31)2)39-33(28(29)35)46-26-17-20(30(36)37)10-11-25(26)42/h4-11,14,16-18,24,42H,3,12-13,15H2,1-2H3,(H3,36,37). The highest BCUT2D eigenvalue weighted by molar-refractivity contribution is 6.00. The average molecular weight is 632 g/mol. The van der Waals surface area contributed by atoms with Crippen LogP contribution in [0.1, 0.15) is 23.6 Å². The van der Waals surface area contributed by atoms with Crippen LogP contribution in [0.3, 0.4) is 0 Å². The summed E-state index contributed by atoms with van der Waals surface area (Å²) in [5.74, 6) is -5.06. The number of aromatic hydroxyl groups is 1. The Morgan fingerprint density at radius 1 is 1.04 bits per heavy atom. The summed E-state index contributed by atoms with van der Waals surface area (Å²) in [5, 5.41) is 18.1. The molecular weight excluding hydrogens is 600 g/mol. The van der Waals surface area contributed by atoms with E-state index in [2.05, 4.69) is 9.98 Å². The van der Waals surface area contributed by atoms with Crippen LogP contribution in [0.15, 0.2) is 71.7 Å². The minimum absolute atomic E-state index is 0.0465. The van der Waals surface area contributed by atoms with Gasteiger partial charge in [-0.1, -0.05) is 24.3 Å². The highest BCUT2D eigenvalue weighted by atomic mass is 19.1. The van der Waals surface area contributed by atoms with Crippen molar-refractivity contribution in [2.75, 3.05) is 26.7 Å². The zero-order valence-electron chi connectivity index (χ0n) is 25.0. The predicted molar refractivity (Wildman–Crippen MR) is 166 cm³/mol. The van der Waals surface area contributed by atoms with E-state index in [1.807, 2.05) is 18.0 Å². The fourth-order valence-corrected chi connectivity index (χ4v) is 4.67. The number of halogens is 2. The number of likely N-dealkylation sites (N-methyl/N-ethyl adjacent to an activating group) is 1. The summed E-state index contributed by atoms with van der Waals surface area (Å²) in [5.41, 5.74) is 7.07. The quantitative estimate of drug-likeness (QED) is 0.0977. The topological polar surface area (TPSA) is 153 Å². The lowest BCUT2D eigenvalue weighted by atomic mass is 10.1. The van der Waals surface area contributed by atoms with E-state index in [9.17, 15) is 9.90 Å². The Bertz CT molecular complexity index is 1800. The van der Waals surface area contributed by atoms with Gasteiger partial charge in [0.15, 0.2) is 11.5 Å². The fraction of sp³-hybridized carbons (Fsp3) is 0.212. The molecule has 0 bridgehead atoms. The molecular formula is C33H31F2N5O6. The van der Waals surface area contributed by atoms with E-state index in [1.54, 1.807) is 37.3 Å². The number of hydrogen-bond donors (Lipinski definition) is 3. The van der Waals surface area contributed by atoms with Crippen LogP contribution < -0.4 is 19.9 Å². The van der Waals surface area contributed by atoms with Crippen molar-refractivity contribution < 1.29 is 37.6 Å². The molecule has 1 aromatic heterocycles. The van der Waals surface area contributed by atoms with Crippen molar-refractivity contribution in [3.8, 4) is 40.5 Å². The number of nitrogen functional groups attached to an aromatic ring is 1. The lowest BCUT2D eigenvalue weighted by Crippen LogP contribution is -2.23. The molecule has 1 aliphatic rings. The Balaban J connectivity index is 1.54. The van der Waals surface area contributed by atoms with E-state index in [4.69, 9.17) is 30.1 Å². The number of phenolic OH excluding ortho intramolecular Hbond substituents is 1. The van der Waals surface area contributed by atoms with Gasteiger partial charge in [-0.25, -0.2) is 0 Å². The molecule has 11 nitrogen and oxygen atoms in total. The van der Waals surface area contributed by atoms with Crippen molar-refractivity contribution in [1.82, 2.24) is 9.88 Å². The van der Waals surface area contributed by atoms with Crippen LogP contribution in [0.25, 0.3) is 0 Å². The first kappa shape index (κ1) is 31.9. The molecule has 0 amide bonds. The van der Waals surface area contributed by atoms with Crippen LogP contribution in [0.4, 0.5) is 8.78 Å². The first-order valence-electron chi connectivity index (χ1n) is 14.3. The zero-order chi connectivity index (χ0) is 32.8. The van der Waals surface area contributed by atoms with Crippen molar-refractivity contribution in [1.29, 1.82) is 5.41 Å². The van der Waals surface area contributed by atoms with E-state index in [-0.39, 0.29) is 35.1 Å². The lowest BCUT2D eigenvalue weighted by Gasteiger charge is -2.17. The van der Waals surface area contributed by atoms with Crippen LogP contribution in [0.5, 0.6) is 40.5 Å². The van der Waals surface area contributed by atoms with Gasteiger partial charge in [0.2, 0.25) is 17.4 Å². The number of hydrogen-bond acceptors (Lipinski definition) is 10. The number of carbonyl (C=O) groups excluding carboxylic acids is 1. The molecule has 4 N–H and O–H groups in total. The Morgan fingerprint density at radius 2 is 1.76 bits per heavy atom. The number of amidine groups is 2. The number of nitrogens with two attached hydrogens (primary N) is 1. The number of pyridine rings is 1. The molecule has 0 radical (unpaired) electrons. The molecule has 1 unspecified atom stereocenters. The number of nitrogens with one attached hydrogen (secondary N) is 1. The van der Waals surface area contributed by atoms with E-state index >= 15 is 8.78 Å². The molecule has 1 aliphatic heterocycles. The van der Waals surface area contributed by atoms with Gasteiger partial charge in [-0.15, -0.1) is 0 Å². The number of nitrogens with zero attached hydrogens (tertiary/aromatic N) is 3. The summed E-state index contributed by atoms with van der Waals surface area (Å²) in [4.78, 5) is 21.8. The van der Waals surface area contributed by atoms with Gasteiger partial charge >= 0.3 is 0 Å². The first-order chi connectivity index (χ1) is 22.2. The van der Waals surface area contributed by atoms with Gasteiger partial charge in [0.25, 0.3) is 11.8 Å². The first-order valence-corrected chi connectivity index (χ1v) is 14.3. The largest absolute Gasteiger partial charge is 0.504 e. The third kappa shape index (κ3) is 7.21. The molecule has 4 aromatic rings. The van der Waals surface area contributed by atoms with Crippen LogP contribution >= 0.6 is 0 Å². The Kier molecular flexibility index (Phi) is 9.72. The maximum Gasteiger partial charge on any atom is 0.263 e. The number of phenols is 1. The molecule has 46 heavy (non-hydrogen) atoms. The smallest absolute Gasteiger partial charge is 0.263 e. The SMILES string of the molecule is CCOC(C=O)Cc1cccc(Oc2c(F)c(Oc3cccc(C4=NCCN4C)c3)nc(Oc3cc(C(=N)N)ccc3O)c2F)c1. The molecule has 13 heteroatoms. The van der Waals surface area contributed by atoms with Crippen molar-refractivity contribution >= 4 is 18.0 Å².